The number of hydrogen-bond acceptors (Lipinski definition) is 5. The molecule has 25 heavy (non-hydrogen) atoms. The second kappa shape index (κ2) is 10.3. The summed E-state index contributed by atoms with van der Waals surface area (Å²) in [5, 5.41) is 2.94. The molecule has 1 atom stereocenters. The third-order valence-electron chi connectivity index (χ3n) is 4.03. The van der Waals surface area contributed by atoms with Crippen molar-refractivity contribution in [3.8, 4) is 11.5 Å². The molecule has 6 heteroatoms. The van der Waals surface area contributed by atoms with Gasteiger partial charge in [0, 0.05) is 26.2 Å². The number of rotatable bonds is 9. The third-order valence-corrected chi connectivity index (χ3v) is 4.03. The summed E-state index contributed by atoms with van der Waals surface area (Å²) < 4.78 is 16.6. The summed E-state index contributed by atoms with van der Waals surface area (Å²) >= 11 is 0. The number of para-hydroxylation sites is 2. The number of morpholine rings is 1. The van der Waals surface area contributed by atoms with Gasteiger partial charge in [0.1, 0.15) is 0 Å². The number of hydrogen-bond donors (Lipinski definition) is 1. The van der Waals surface area contributed by atoms with Crippen molar-refractivity contribution in [1.82, 2.24) is 10.2 Å². The minimum absolute atomic E-state index is 0.0283. The summed E-state index contributed by atoms with van der Waals surface area (Å²) in [6.07, 6.45) is 0.368. The maximum Gasteiger partial charge on any atom is 0.223 e. The predicted molar refractivity (Wildman–Crippen MR) is 97.1 cm³/mol. The molecule has 0 aliphatic carbocycles. The monoisotopic (exact) mass is 350 g/mol. The average molecular weight is 350 g/mol. The second-order valence-electron chi connectivity index (χ2n) is 6.70. The van der Waals surface area contributed by atoms with Crippen molar-refractivity contribution in [3.05, 3.63) is 24.3 Å². The van der Waals surface area contributed by atoms with Crippen LogP contribution >= 0.6 is 0 Å². The first-order chi connectivity index (χ1) is 12.1. The van der Waals surface area contributed by atoms with Crippen LogP contribution in [0, 0.1) is 5.92 Å². The lowest BCUT2D eigenvalue weighted by molar-refractivity contribution is -0.122. The van der Waals surface area contributed by atoms with Gasteiger partial charge in [0.15, 0.2) is 11.5 Å². The molecule has 1 amide bonds. The molecule has 0 bridgehead atoms. The first kappa shape index (κ1) is 19.5. The Morgan fingerprint density at radius 3 is 2.84 bits per heavy atom. The summed E-state index contributed by atoms with van der Waals surface area (Å²) in [6.45, 7) is 8.93. The van der Waals surface area contributed by atoms with Gasteiger partial charge in [0.2, 0.25) is 5.91 Å². The van der Waals surface area contributed by atoms with Crippen molar-refractivity contribution in [1.29, 1.82) is 0 Å². The Kier molecular flexibility index (Phi) is 8.01. The van der Waals surface area contributed by atoms with Crippen LogP contribution in [0.5, 0.6) is 11.5 Å². The van der Waals surface area contributed by atoms with E-state index >= 15 is 0 Å². The van der Waals surface area contributed by atoms with Gasteiger partial charge < -0.3 is 19.5 Å². The van der Waals surface area contributed by atoms with Crippen LogP contribution in [0.3, 0.4) is 0 Å². The van der Waals surface area contributed by atoms with E-state index in [0.29, 0.717) is 37.0 Å². The molecule has 1 fully saturated rings. The van der Waals surface area contributed by atoms with Crippen LogP contribution < -0.4 is 14.8 Å². The summed E-state index contributed by atoms with van der Waals surface area (Å²) in [4.78, 5) is 14.4. The lowest BCUT2D eigenvalue weighted by Gasteiger charge is -2.33. The number of carbonyl (C=O) groups is 1. The van der Waals surface area contributed by atoms with E-state index in [4.69, 9.17) is 14.2 Å². The van der Waals surface area contributed by atoms with Gasteiger partial charge in [-0.15, -0.1) is 0 Å². The third kappa shape index (κ3) is 6.92. The topological polar surface area (TPSA) is 60.0 Å². The molecular weight excluding hydrogens is 320 g/mol. The van der Waals surface area contributed by atoms with E-state index in [9.17, 15) is 4.79 Å². The summed E-state index contributed by atoms with van der Waals surface area (Å²) in [7, 11) is 1.60. The summed E-state index contributed by atoms with van der Waals surface area (Å²) in [6, 6.07) is 7.42. The number of nitrogens with one attached hydrogen (secondary N) is 1. The molecule has 1 heterocycles. The zero-order valence-corrected chi connectivity index (χ0v) is 15.5. The molecule has 0 radical (unpaired) electrons. The van der Waals surface area contributed by atoms with Crippen LogP contribution in [0.25, 0.3) is 0 Å². The Hall–Kier alpha value is -1.79. The van der Waals surface area contributed by atoms with Gasteiger partial charge in [-0.2, -0.15) is 0 Å². The Morgan fingerprint density at radius 1 is 1.36 bits per heavy atom. The standard InChI is InChI=1S/C19H30N2O4/c1-15(2)13-21-9-11-24-16(14-21)12-20-19(22)8-10-25-18-7-5-4-6-17(18)23-3/h4-7,15-16H,8-14H2,1-3H3,(H,20,22). The van der Waals surface area contributed by atoms with Crippen molar-refractivity contribution in [2.24, 2.45) is 5.92 Å². The minimum Gasteiger partial charge on any atom is -0.493 e. The van der Waals surface area contributed by atoms with Gasteiger partial charge in [-0.25, -0.2) is 0 Å². The van der Waals surface area contributed by atoms with Gasteiger partial charge in [0.25, 0.3) is 0 Å². The zero-order valence-electron chi connectivity index (χ0n) is 15.5. The summed E-state index contributed by atoms with van der Waals surface area (Å²) in [5.74, 6) is 1.93. The molecule has 1 aliphatic heterocycles. The number of nitrogens with zero attached hydrogens (tertiary/aromatic N) is 1. The Labute approximate surface area is 150 Å². The first-order valence-electron chi connectivity index (χ1n) is 8.95. The molecule has 2 rings (SSSR count). The Bertz CT molecular complexity index is 536. The fourth-order valence-electron chi connectivity index (χ4n) is 2.89. The van der Waals surface area contributed by atoms with Crippen LogP contribution in [-0.2, 0) is 9.53 Å². The smallest absolute Gasteiger partial charge is 0.223 e. The molecule has 1 aliphatic rings. The molecule has 1 aromatic rings. The quantitative estimate of drug-likeness (QED) is 0.737. The van der Waals surface area contributed by atoms with Crippen LogP contribution in [0.4, 0.5) is 0 Å². The highest BCUT2D eigenvalue weighted by Crippen LogP contribution is 2.25. The van der Waals surface area contributed by atoms with E-state index in [1.807, 2.05) is 24.3 Å². The lowest BCUT2D eigenvalue weighted by Crippen LogP contribution is -2.48. The largest absolute Gasteiger partial charge is 0.493 e. The normalized spacial score (nSPS) is 18.2. The van der Waals surface area contributed by atoms with Crippen molar-refractivity contribution < 1.29 is 19.0 Å². The number of methoxy groups -OCH3 is 1. The maximum atomic E-state index is 12.0. The van der Waals surface area contributed by atoms with Gasteiger partial charge in [-0.3, -0.25) is 9.69 Å². The fraction of sp³-hybridized carbons (Fsp3) is 0.632. The highest BCUT2D eigenvalue weighted by Gasteiger charge is 2.21. The Morgan fingerprint density at radius 2 is 2.12 bits per heavy atom. The molecular formula is C19H30N2O4. The molecule has 1 saturated heterocycles. The van der Waals surface area contributed by atoms with Crippen LogP contribution in [0.1, 0.15) is 20.3 Å². The SMILES string of the molecule is COc1ccccc1OCCC(=O)NCC1CN(CC(C)C)CCO1. The van der Waals surface area contributed by atoms with Crippen molar-refractivity contribution in [2.75, 3.05) is 46.5 Å². The molecule has 1 aromatic carbocycles. The minimum atomic E-state index is -0.0283. The summed E-state index contributed by atoms with van der Waals surface area (Å²) in [5.41, 5.74) is 0. The molecule has 0 spiro atoms. The molecule has 140 valence electrons. The predicted octanol–water partition coefficient (Wildman–Crippen LogP) is 1.94. The van der Waals surface area contributed by atoms with Crippen molar-refractivity contribution in [2.45, 2.75) is 26.4 Å². The first-order valence-corrected chi connectivity index (χ1v) is 8.95. The van der Waals surface area contributed by atoms with Crippen LogP contribution in [-0.4, -0.2) is 63.4 Å². The molecule has 0 saturated carbocycles. The molecule has 6 nitrogen and oxygen atoms in total. The van der Waals surface area contributed by atoms with Gasteiger partial charge >= 0.3 is 0 Å². The number of benzene rings is 1. The van der Waals surface area contributed by atoms with E-state index in [0.717, 1.165) is 26.2 Å². The van der Waals surface area contributed by atoms with E-state index in [1.165, 1.54) is 0 Å². The maximum absolute atomic E-state index is 12.0. The van der Waals surface area contributed by atoms with E-state index < -0.39 is 0 Å². The highest BCUT2D eigenvalue weighted by atomic mass is 16.5. The molecule has 1 N–H and O–H groups in total. The number of amides is 1. The van der Waals surface area contributed by atoms with Gasteiger partial charge in [0.05, 0.1) is 32.8 Å². The number of ether oxygens (including phenoxy) is 3. The van der Waals surface area contributed by atoms with Crippen LogP contribution in [0.15, 0.2) is 24.3 Å². The van der Waals surface area contributed by atoms with Crippen LogP contribution in [0.2, 0.25) is 0 Å². The highest BCUT2D eigenvalue weighted by molar-refractivity contribution is 5.76. The second-order valence-corrected chi connectivity index (χ2v) is 6.70. The van der Waals surface area contributed by atoms with E-state index in [-0.39, 0.29) is 12.0 Å². The fourth-order valence-corrected chi connectivity index (χ4v) is 2.89. The van der Waals surface area contributed by atoms with E-state index in [2.05, 4.69) is 24.1 Å². The van der Waals surface area contributed by atoms with Crippen molar-refractivity contribution >= 4 is 5.91 Å². The van der Waals surface area contributed by atoms with Crippen molar-refractivity contribution in [3.63, 3.8) is 0 Å². The van der Waals surface area contributed by atoms with E-state index in [1.54, 1.807) is 7.11 Å². The number of carbonyl (C=O) groups excluding carboxylic acids is 1. The average Bonchev–Trinajstić information content (AvgIpc) is 2.60. The lowest BCUT2D eigenvalue weighted by atomic mass is 10.2. The Balaban J connectivity index is 1.65. The zero-order chi connectivity index (χ0) is 18.1. The molecule has 1 unspecified atom stereocenters. The van der Waals surface area contributed by atoms with Gasteiger partial charge in [-0.1, -0.05) is 26.0 Å². The van der Waals surface area contributed by atoms with Gasteiger partial charge in [-0.05, 0) is 18.1 Å². The molecule has 0 aromatic heterocycles.